The van der Waals surface area contributed by atoms with Crippen molar-refractivity contribution >= 4 is 5.82 Å². The highest BCUT2D eigenvalue weighted by atomic mass is 16.3. The molecule has 0 fully saturated rings. The number of aliphatic hydroxyl groups is 1. The number of nitrogens with two attached hydrogens (primary N) is 1. The molecule has 0 saturated carbocycles. The Hall–Kier alpha value is -1.36. The zero-order valence-corrected chi connectivity index (χ0v) is 6.82. The molecule has 0 radical (unpaired) electrons. The van der Waals surface area contributed by atoms with Crippen LogP contribution in [0.5, 0.6) is 0 Å². The molecule has 0 unspecified atom stereocenters. The van der Waals surface area contributed by atoms with Crippen molar-refractivity contribution in [3.63, 3.8) is 0 Å². The first kappa shape index (κ1) is 8.73. The number of anilines is 1. The first-order valence-corrected chi connectivity index (χ1v) is 3.65. The normalized spacial score (nSPS) is 10.2. The van der Waals surface area contributed by atoms with E-state index in [1.807, 2.05) is 6.92 Å². The minimum absolute atomic E-state index is 0.104. The van der Waals surface area contributed by atoms with Crippen LogP contribution in [0.4, 0.5) is 5.82 Å². The fourth-order valence-corrected chi connectivity index (χ4v) is 0.897. The summed E-state index contributed by atoms with van der Waals surface area (Å²) in [7, 11) is 0. The van der Waals surface area contributed by atoms with E-state index in [9.17, 15) is 4.79 Å². The molecular weight excluding hydrogens is 158 g/mol. The van der Waals surface area contributed by atoms with Gasteiger partial charge in [0.05, 0.1) is 6.61 Å². The molecule has 0 aromatic carbocycles. The van der Waals surface area contributed by atoms with Crippen LogP contribution in [0.3, 0.4) is 0 Å². The Bertz CT molecular complexity index is 332. The second-order valence-electron chi connectivity index (χ2n) is 2.38. The molecule has 0 spiro atoms. The maximum atomic E-state index is 11.0. The van der Waals surface area contributed by atoms with E-state index in [4.69, 9.17) is 10.8 Å². The van der Waals surface area contributed by atoms with E-state index in [1.54, 1.807) is 0 Å². The van der Waals surface area contributed by atoms with Crippen molar-refractivity contribution in [1.82, 2.24) is 9.55 Å². The number of nitrogen functional groups attached to an aromatic ring is 1. The Kier molecular flexibility index (Phi) is 2.44. The van der Waals surface area contributed by atoms with E-state index in [0.29, 0.717) is 12.1 Å². The van der Waals surface area contributed by atoms with Crippen LogP contribution in [0.1, 0.15) is 12.5 Å². The zero-order chi connectivity index (χ0) is 9.14. The molecule has 3 N–H and O–H groups in total. The lowest BCUT2D eigenvalue weighted by Gasteiger charge is -2.04. The molecule has 1 aromatic rings. The Labute approximate surface area is 69.5 Å². The number of hydrogen-bond donors (Lipinski definition) is 2. The third kappa shape index (κ3) is 1.45. The second kappa shape index (κ2) is 3.36. The topological polar surface area (TPSA) is 81.1 Å². The van der Waals surface area contributed by atoms with Crippen molar-refractivity contribution in [2.24, 2.45) is 0 Å². The molecule has 66 valence electrons. The van der Waals surface area contributed by atoms with Gasteiger partial charge >= 0.3 is 5.69 Å². The highest BCUT2D eigenvalue weighted by molar-refractivity contribution is 5.35. The quantitative estimate of drug-likeness (QED) is 0.615. The largest absolute Gasteiger partial charge is 0.391 e. The molecule has 1 aromatic heterocycles. The van der Waals surface area contributed by atoms with Crippen LogP contribution in [0.25, 0.3) is 0 Å². The molecule has 0 amide bonds. The van der Waals surface area contributed by atoms with Gasteiger partial charge in [-0.2, -0.15) is 4.98 Å². The summed E-state index contributed by atoms with van der Waals surface area (Å²) in [4.78, 5) is 14.6. The van der Waals surface area contributed by atoms with E-state index in [0.717, 1.165) is 0 Å². The van der Waals surface area contributed by atoms with Gasteiger partial charge in [-0.1, -0.05) is 0 Å². The predicted octanol–water partition coefficient (Wildman–Crippen LogP) is -0.662. The van der Waals surface area contributed by atoms with Crippen LogP contribution in [-0.4, -0.2) is 14.7 Å². The van der Waals surface area contributed by atoms with Gasteiger partial charge in [-0.25, -0.2) is 4.79 Å². The Morgan fingerprint density at radius 1 is 1.75 bits per heavy atom. The van der Waals surface area contributed by atoms with Gasteiger partial charge in [0.1, 0.15) is 5.82 Å². The van der Waals surface area contributed by atoms with E-state index in [-0.39, 0.29) is 18.1 Å². The van der Waals surface area contributed by atoms with Crippen LogP contribution in [0.2, 0.25) is 0 Å². The van der Waals surface area contributed by atoms with Gasteiger partial charge in [0.15, 0.2) is 0 Å². The van der Waals surface area contributed by atoms with Crippen LogP contribution in [-0.2, 0) is 13.2 Å². The summed E-state index contributed by atoms with van der Waals surface area (Å²) in [5, 5.41) is 8.79. The molecule has 1 heterocycles. The molecule has 0 saturated heterocycles. The standard InChI is InChI=1S/C7H11N3O2/c1-2-10-3-5(4-11)6(8)9-7(10)12/h3,11H,2,4H2,1H3,(H2,8,9,12). The molecule has 0 aliphatic carbocycles. The van der Waals surface area contributed by atoms with Crippen molar-refractivity contribution in [3.8, 4) is 0 Å². The summed E-state index contributed by atoms with van der Waals surface area (Å²) in [6, 6.07) is 0. The Morgan fingerprint density at radius 3 is 2.92 bits per heavy atom. The lowest BCUT2D eigenvalue weighted by molar-refractivity contribution is 0.280. The molecule has 1 rings (SSSR count). The summed E-state index contributed by atoms with van der Waals surface area (Å²) >= 11 is 0. The van der Waals surface area contributed by atoms with Crippen LogP contribution < -0.4 is 11.4 Å². The molecule has 5 heteroatoms. The smallest absolute Gasteiger partial charge is 0.349 e. The van der Waals surface area contributed by atoms with Gasteiger partial charge < -0.3 is 10.8 Å². The molecular formula is C7H11N3O2. The van der Waals surface area contributed by atoms with Crippen LogP contribution in [0.15, 0.2) is 11.0 Å². The number of nitrogens with zero attached hydrogens (tertiary/aromatic N) is 2. The van der Waals surface area contributed by atoms with Gasteiger partial charge in [-0.15, -0.1) is 0 Å². The number of aryl methyl sites for hydroxylation is 1. The van der Waals surface area contributed by atoms with Gasteiger partial charge in [0.2, 0.25) is 0 Å². The first-order chi connectivity index (χ1) is 5.69. The highest BCUT2D eigenvalue weighted by Gasteiger charge is 2.02. The molecule has 0 aliphatic heterocycles. The van der Waals surface area contributed by atoms with Gasteiger partial charge in [-0.05, 0) is 6.92 Å². The van der Waals surface area contributed by atoms with Crippen molar-refractivity contribution in [3.05, 3.63) is 22.2 Å². The lowest BCUT2D eigenvalue weighted by Crippen LogP contribution is -2.24. The number of rotatable bonds is 2. The number of hydrogen-bond acceptors (Lipinski definition) is 4. The fourth-order valence-electron chi connectivity index (χ4n) is 0.897. The molecule has 12 heavy (non-hydrogen) atoms. The van der Waals surface area contributed by atoms with Crippen molar-refractivity contribution in [1.29, 1.82) is 0 Å². The van der Waals surface area contributed by atoms with E-state index in [2.05, 4.69) is 4.98 Å². The number of aromatic nitrogens is 2. The average Bonchev–Trinajstić information content (AvgIpc) is 2.05. The SMILES string of the molecule is CCn1cc(CO)c(N)nc1=O. The van der Waals surface area contributed by atoms with Crippen molar-refractivity contribution in [2.45, 2.75) is 20.1 Å². The average molecular weight is 169 g/mol. The van der Waals surface area contributed by atoms with E-state index in [1.165, 1.54) is 10.8 Å². The molecule has 0 bridgehead atoms. The van der Waals surface area contributed by atoms with Crippen molar-refractivity contribution in [2.75, 3.05) is 5.73 Å². The van der Waals surface area contributed by atoms with Crippen LogP contribution in [0, 0.1) is 0 Å². The second-order valence-corrected chi connectivity index (χ2v) is 2.38. The maximum Gasteiger partial charge on any atom is 0.349 e. The third-order valence-corrected chi connectivity index (χ3v) is 1.61. The Balaban J connectivity index is 3.27. The predicted molar refractivity (Wildman–Crippen MR) is 44.5 cm³/mol. The lowest BCUT2D eigenvalue weighted by atomic mass is 10.3. The fraction of sp³-hybridized carbons (Fsp3) is 0.429. The zero-order valence-electron chi connectivity index (χ0n) is 6.82. The summed E-state index contributed by atoms with van der Waals surface area (Å²) < 4.78 is 1.39. The first-order valence-electron chi connectivity index (χ1n) is 3.65. The summed E-state index contributed by atoms with van der Waals surface area (Å²) in [5.41, 5.74) is 5.47. The van der Waals surface area contributed by atoms with Gasteiger partial charge in [-0.3, -0.25) is 4.57 Å². The maximum absolute atomic E-state index is 11.0. The summed E-state index contributed by atoms with van der Waals surface area (Å²) in [6.45, 7) is 2.15. The van der Waals surface area contributed by atoms with Gasteiger partial charge in [0, 0.05) is 18.3 Å². The third-order valence-electron chi connectivity index (χ3n) is 1.61. The highest BCUT2D eigenvalue weighted by Crippen LogP contribution is 2.03. The Morgan fingerprint density at radius 2 is 2.42 bits per heavy atom. The molecule has 0 atom stereocenters. The minimum Gasteiger partial charge on any atom is -0.391 e. The minimum atomic E-state index is -0.382. The summed E-state index contributed by atoms with van der Waals surface area (Å²) in [6.07, 6.45) is 1.52. The molecule has 0 aliphatic rings. The van der Waals surface area contributed by atoms with E-state index >= 15 is 0 Å². The number of aliphatic hydroxyl groups excluding tert-OH is 1. The van der Waals surface area contributed by atoms with Crippen molar-refractivity contribution < 1.29 is 5.11 Å². The summed E-state index contributed by atoms with van der Waals surface area (Å²) in [5.74, 6) is 0.104. The monoisotopic (exact) mass is 169 g/mol. The van der Waals surface area contributed by atoms with E-state index < -0.39 is 0 Å². The molecule has 5 nitrogen and oxygen atoms in total. The van der Waals surface area contributed by atoms with Gasteiger partial charge in [0.25, 0.3) is 0 Å². The van der Waals surface area contributed by atoms with Crippen LogP contribution >= 0.6 is 0 Å².